The molecule has 0 spiro atoms. The quantitative estimate of drug-likeness (QED) is 0.477. The highest BCUT2D eigenvalue weighted by Gasteiger charge is 2.35. The van der Waals surface area contributed by atoms with Crippen molar-refractivity contribution < 1.29 is 28.6 Å². The van der Waals surface area contributed by atoms with Crippen molar-refractivity contribution in [3.63, 3.8) is 0 Å². The van der Waals surface area contributed by atoms with Crippen molar-refractivity contribution in [2.75, 3.05) is 26.7 Å². The fourth-order valence-electron chi connectivity index (χ4n) is 4.02. The molecule has 2 heterocycles. The molecule has 0 aliphatic carbocycles. The van der Waals surface area contributed by atoms with Gasteiger partial charge in [0.15, 0.2) is 0 Å². The molecule has 1 aromatic carbocycles. The lowest BCUT2D eigenvalue weighted by molar-refractivity contribution is -0.146. The molecule has 0 bridgehead atoms. The molecular weight excluding hydrogens is 436 g/mol. The molecule has 0 aromatic heterocycles. The number of benzene rings is 1. The van der Waals surface area contributed by atoms with E-state index >= 15 is 0 Å². The maximum Gasteiger partial charge on any atom is 0.411 e. The van der Waals surface area contributed by atoms with Gasteiger partial charge in [0.1, 0.15) is 18.2 Å². The van der Waals surface area contributed by atoms with E-state index in [1.54, 1.807) is 25.7 Å². The van der Waals surface area contributed by atoms with E-state index < -0.39 is 23.7 Å². The van der Waals surface area contributed by atoms with E-state index in [2.05, 4.69) is 0 Å². The zero-order valence-corrected chi connectivity index (χ0v) is 20.4. The average molecular weight is 471 g/mol. The summed E-state index contributed by atoms with van der Waals surface area (Å²) in [6.07, 6.45) is 4.88. The summed E-state index contributed by atoms with van der Waals surface area (Å²) in [5.41, 5.74) is 2.49. The maximum absolute atomic E-state index is 12.8. The molecule has 0 saturated carbocycles. The summed E-state index contributed by atoms with van der Waals surface area (Å²) in [6.45, 7) is 6.88. The highest BCUT2D eigenvalue weighted by molar-refractivity contribution is 5.82. The van der Waals surface area contributed by atoms with Crippen LogP contribution in [0.5, 0.6) is 0 Å². The number of amides is 2. The Balaban J connectivity index is 1.63. The molecule has 1 atom stereocenters. The van der Waals surface area contributed by atoms with Gasteiger partial charge in [0.2, 0.25) is 0 Å². The van der Waals surface area contributed by atoms with E-state index in [4.69, 9.17) is 14.2 Å². The van der Waals surface area contributed by atoms with Crippen molar-refractivity contribution in [2.24, 2.45) is 0 Å². The highest BCUT2D eigenvalue weighted by Crippen LogP contribution is 2.28. The van der Waals surface area contributed by atoms with Gasteiger partial charge in [-0.1, -0.05) is 42.5 Å². The lowest BCUT2D eigenvalue weighted by atomic mass is 9.95. The highest BCUT2D eigenvalue weighted by atomic mass is 16.6. The Hall–Kier alpha value is -3.29. The van der Waals surface area contributed by atoms with Gasteiger partial charge in [-0.3, -0.25) is 4.90 Å². The van der Waals surface area contributed by atoms with Gasteiger partial charge in [-0.15, -0.1) is 0 Å². The first-order valence-corrected chi connectivity index (χ1v) is 11.6. The number of carbonyl (C=O) groups is 3. The molecule has 8 heteroatoms. The smallest absolute Gasteiger partial charge is 0.411 e. The summed E-state index contributed by atoms with van der Waals surface area (Å²) < 4.78 is 15.9. The summed E-state index contributed by atoms with van der Waals surface area (Å²) in [6, 6.07) is 8.87. The zero-order valence-electron chi connectivity index (χ0n) is 20.4. The predicted octanol–water partition coefficient (Wildman–Crippen LogP) is 4.45. The first-order chi connectivity index (χ1) is 16.2. The number of carbonyl (C=O) groups excluding carboxylic acids is 3. The molecule has 3 rings (SSSR count). The van der Waals surface area contributed by atoms with Gasteiger partial charge in [0.05, 0.1) is 7.11 Å². The second-order valence-corrected chi connectivity index (χ2v) is 9.41. The van der Waals surface area contributed by atoms with Crippen LogP contribution < -0.4 is 0 Å². The van der Waals surface area contributed by atoms with Crippen molar-refractivity contribution in [3.05, 3.63) is 59.2 Å². The molecule has 2 aliphatic rings. The molecule has 2 aliphatic heterocycles. The first-order valence-electron chi connectivity index (χ1n) is 11.6. The molecule has 0 unspecified atom stereocenters. The molecule has 2 amide bonds. The first kappa shape index (κ1) is 25.3. The molecule has 0 saturated heterocycles. The largest absolute Gasteiger partial charge is 0.467 e. The van der Waals surface area contributed by atoms with Crippen molar-refractivity contribution in [1.82, 2.24) is 9.80 Å². The summed E-state index contributed by atoms with van der Waals surface area (Å²) in [4.78, 5) is 40.7. The van der Waals surface area contributed by atoms with Crippen LogP contribution in [0.15, 0.2) is 53.6 Å². The number of methoxy groups -OCH3 is 1. The van der Waals surface area contributed by atoms with E-state index in [1.165, 1.54) is 12.0 Å². The van der Waals surface area contributed by atoms with E-state index in [0.717, 1.165) is 16.7 Å². The molecule has 184 valence electrons. The number of esters is 1. The normalized spacial score (nSPS) is 18.9. The van der Waals surface area contributed by atoms with Crippen LogP contribution in [0.3, 0.4) is 0 Å². The van der Waals surface area contributed by atoms with Gasteiger partial charge in [-0.25, -0.2) is 14.4 Å². The van der Waals surface area contributed by atoms with E-state index in [1.807, 2.05) is 42.5 Å². The predicted molar refractivity (Wildman–Crippen MR) is 127 cm³/mol. The summed E-state index contributed by atoms with van der Waals surface area (Å²) in [7, 11) is 1.32. The van der Waals surface area contributed by atoms with Gasteiger partial charge in [0, 0.05) is 19.6 Å². The van der Waals surface area contributed by atoms with Crippen LogP contribution in [0, 0.1) is 0 Å². The summed E-state index contributed by atoms with van der Waals surface area (Å²) >= 11 is 0. The Morgan fingerprint density at radius 3 is 2.26 bits per heavy atom. The number of hydrogen-bond donors (Lipinski definition) is 0. The summed E-state index contributed by atoms with van der Waals surface area (Å²) in [5, 5.41) is 0. The molecule has 0 fully saturated rings. The number of hydrogen-bond acceptors (Lipinski definition) is 6. The van der Waals surface area contributed by atoms with Crippen molar-refractivity contribution in [2.45, 2.75) is 58.3 Å². The molecule has 0 radical (unpaired) electrons. The Kier molecular flexibility index (Phi) is 8.36. The van der Waals surface area contributed by atoms with Crippen LogP contribution in [0.1, 0.15) is 45.6 Å². The van der Waals surface area contributed by atoms with Gasteiger partial charge in [0.25, 0.3) is 0 Å². The van der Waals surface area contributed by atoms with Gasteiger partial charge in [-0.05, 0) is 56.7 Å². The number of nitrogens with zero attached hydrogens (tertiary/aromatic N) is 2. The van der Waals surface area contributed by atoms with Crippen LogP contribution >= 0.6 is 0 Å². The monoisotopic (exact) mass is 470 g/mol. The molecule has 0 N–H and O–H groups in total. The third-order valence-electron chi connectivity index (χ3n) is 5.78. The van der Waals surface area contributed by atoms with Crippen molar-refractivity contribution in [1.29, 1.82) is 0 Å². The molecular formula is C26H34N2O6. The van der Waals surface area contributed by atoms with E-state index in [0.29, 0.717) is 32.4 Å². The maximum atomic E-state index is 12.8. The Morgan fingerprint density at radius 2 is 1.65 bits per heavy atom. The third kappa shape index (κ3) is 6.85. The second kappa shape index (κ2) is 11.2. The van der Waals surface area contributed by atoms with Gasteiger partial charge < -0.3 is 19.1 Å². The Labute approximate surface area is 201 Å². The fourth-order valence-corrected chi connectivity index (χ4v) is 4.02. The molecule has 8 nitrogen and oxygen atoms in total. The topological polar surface area (TPSA) is 85.4 Å². The molecule has 34 heavy (non-hydrogen) atoms. The van der Waals surface area contributed by atoms with Crippen LogP contribution in [0.2, 0.25) is 0 Å². The standard InChI is InChI=1S/C26H34N2O6/c1-26(2,3)34-25(31)28-17-14-20(10-11-22(28)23(29)32-4)21-12-15-27(16-13-21)24(30)33-18-19-8-6-5-7-9-19/h5-9,12,14,22H,10-11,13,15-18H2,1-4H3/t22-/m0/s1. The van der Waals surface area contributed by atoms with Crippen molar-refractivity contribution in [3.8, 4) is 0 Å². The number of ether oxygens (including phenoxy) is 3. The fraction of sp³-hybridized carbons (Fsp3) is 0.500. The number of allylic oxidation sites excluding steroid dienone is 1. The van der Waals surface area contributed by atoms with E-state index in [-0.39, 0.29) is 19.2 Å². The van der Waals surface area contributed by atoms with Crippen molar-refractivity contribution >= 4 is 18.2 Å². The summed E-state index contributed by atoms with van der Waals surface area (Å²) in [5.74, 6) is -0.453. The minimum atomic E-state index is -0.706. The third-order valence-corrected chi connectivity index (χ3v) is 5.78. The zero-order chi connectivity index (χ0) is 24.7. The Morgan fingerprint density at radius 1 is 0.971 bits per heavy atom. The van der Waals surface area contributed by atoms with Crippen LogP contribution in [-0.4, -0.2) is 66.3 Å². The van der Waals surface area contributed by atoms with Crippen LogP contribution in [0.4, 0.5) is 9.59 Å². The second-order valence-electron chi connectivity index (χ2n) is 9.41. The number of rotatable bonds is 4. The Bertz CT molecular complexity index is 948. The average Bonchev–Trinajstić information content (AvgIpc) is 3.05. The minimum absolute atomic E-state index is 0.243. The lowest BCUT2D eigenvalue weighted by Gasteiger charge is -2.30. The SMILES string of the molecule is COC(=O)[C@@H]1CCC(C2=CCN(C(=O)OCc3ccccc3)CC2)=CCN1C(=O)OC(C)(C)C. The lowest BCUT2D eigenvalue weighted by Crippen LogP contribution is -2.47. The molecule has 1 aromatic rings. The van der Waals surface area contributed by atoms with Crippen LogP contribution in [0.25, 0.3) is 0 Å². The van der Waals surface area contributed by atoms with Crippen LogP contribution in [-0.2, 0) is 25.6 Å². The van der Waals surface area contributed by atoms with E-state index in [9.17, 15) is 14.4 Å². The van der Waals surface area contributed by atoms with Gasteiger partial charge in [-0.2, -0.15) is 0 Å². The van der Waals surface area contributed by atoms with Gasteiger partial charge >= 0.3 is 18.2 Å². The minimum Gasteiger partial charge on any atom is -0.467 e.